The van der Waals surface area contributed by atoms with Crippen molar-refractivity contribution in [1.29, 1.82) is 0 Å². The number of nitrogens with zero attached hydrogens (tertiary/aromatic N) is 2. The maximum atomic E-state index is 14.0. The van der Waals surface area contributed by atoms with Gasteiger partial charge in [-0.3, -0.25) is 9.59 Å². The topological polar surface area (TPSA) is 84.9 Å². The Morgan fingerprint density at radius 3 is 2.16 bits per heavy atom. The van der Waals surface area contributed by atoms with E-state index in [2.05, 4.69) is 15.5 Å². The fourth-order valence-electron chi connectivity index (χ4n) is 5.24. The van der Waals surface area contributed by atoms with Crippen LogP contribution in [-0.4, -0.2) is 73.7 Å². The number of carbonyl (C=O) groups excluding carboxylic acids is 2. The summed E-state index contributed by atoms with van der Waals surface area (Å²) in [6.45, 7) is 8.68. The van der Waals surface area contributed by atoms with E-state index >= 15 is 0 Å². The fourth-order valence-corrected chi connectivity index (χ4v) is 5.24. The van der Waals surface area contributed by atoms with Gasteiger partial charge in [0, 0.05) is 56.1 Å². The van der Waals surface area contributed by atoms with E-state index in [0.717, 1.165) is 43.1 Å². The van der Waals surface area contributed by atoms with Crippen molar-refractivity contribution in [1.82, 2.24) is 15.5 Å². The first-order chi connectivity index (χ1) is 21.1. The first-order valence-electron chi connectivity index (χ1n) is 15.4. The van der Waals surface area contributed by atoms with Crippen LogP contribution in [0, 0.1) is 18.6 Å². The van der Waals surface area contributed by atoms with Crippen LogP contribution in [0.25, 0.3) is 0 Å². The average Bonchev–Trinajstić information content (AvgIpc) is 2.99. The maximum absolute atomic E-state index is 14.0. The molecule has 2 amide bonds. The molecule has 9 heteroatoms. The molecular formula is C35H46F2N4O3. The zero-order valence-corrected chi connectivity index (χ0v) is 26.3. The van der Waals surface area contributed by atoms with E-state index in [1.54, 1.807) is 23.1 Å². The Morgan fingerprint density at radius 2 is 1.52 bits per heavy atom. The molecule has 44 heavy (non-hydrogen) atoms. The smallest absolute Gasteiger partial charge is 0.253 e. The first-order valence-corrected chi connectivity index (χ1v) is 15.4. The third-order valence-corrected chi connectivity index (χ3v) is 7.42. The third-order valence-electron chi connectivity index (χ3n) is 7.42. The maximum Gasteiger partial charge on any atom is 0.253 e. The summed E-state index contributed by atoms with van der Waals surface area (Å²) in [5.74, 6) is -2.08. The Labute approximate surface area is 260 Å². The standard InChI is InChI=1S/C35H46F2N4O3/c1-5-14-41(15-6-2)35(44)28-18-25(3)17-27(22-28)34(43)39-32(21-26-19-29(36)23-30(37)20-26)33(42)24-38-13-10-16-40(4)31-11-8-7-9-12-31/h7-9,11-12,17-20,22-23,32-33,38,42H,5-6,10,13-16,21,24H2,1-4H3,(H,39,43)/t32-,33+/m0/s1. The molecule has 0 saturated heterocycles. The largest absolute Gasteiger partial charge is 0.390 e. The van der Waals surface area contributed by atoms with Crippen LogP contribution in [0.4, 0.5) is 14.5 Å². The molecule has 238 valence electrons. The van der Waals surface area contributed by atoms with Gasteiger partial charge in [-0.2, -0.15) is 0 Å². The number of aliphatic hydroxyl groups excluding tert-OH is 1. The Morgan fingerprint density at radius 1 is 0.886 bits per heavy atom. The van der Waals surface area contributed by atoms with Crippen molar-refractivity contribution in [2.75, 3.05) is 44.7 Å². The second-order valence-electron chi connectivity index (χ2n) is 11.3. The van der Waals surface area contributed by atoms with E-state index in [9.17, 15) is 23.5 Å². The number of carbonyl (C=O) groups is 2. The van der Waals surface area contributed by atoms with Gasteiger partial charge in [0.15, 0.2) is 0 Å². The molecule has 0 aromatic heterocycles. The zero-order valence-electron chi connectivity index (χ0n) is 26.3. The summed E-state index contributed by atoms with van der Waals surface area (Å²) in [6, 6.07) is 17.4. The summed E-state index contributed by atoms with van der Waals surface area (Å²) in [5, 5.41) is 17.2. The molecule has 7 nitrogen and oxygen atoms in total. The van der Waals surface area contributed by atoms with Crippen LogP contribution in [0.1, 0.15) is 65.0 Å². The molecule has 3 aromatic rings. The minimum absolute atomic E-state index is 0.0123. The highest BCUT2D eigenvalue weighted by atomic mass is 19.1. The van der Waals surface area contributed by atoms with Crippen molar-refractivity contribution in [2.45, 2.75) is 58.6 Å². The number of benzene rings is 3. The summed E-state index contributed by atoms with van der Waals surface area (Å²) in [6.07, 6.45) is 1.43. The number of hydrogen-bond acceptors (Lipinski definition) is 5. The summed E-state index contributed by atoms with van der Waals surface area (Å²) in [5.41, 5.74) is 2.87. The van der Waals surface area contributed by atoms with Gasteiger partial charge in [0.25, 0.3) is 11.8 Å². The van der Waals surface area contributed by atoms with Crippen LogP contribution in [0.3, 0.4) is 0 Å². The van der Waals surface area contributed by atoms with Gasteiger partial charge in [-0.25, -0.2) is 8.78 Å². The van der Waals surface area contributed by atoms with E-state index in [1.807, 2.05) is 58.2 Å². The van der Waals surface area contributed by atoms with Crippen molar-refractivity contribution in [3.63, 3.8) is 0 Å². The summed E-state index contributed by atoms with van der Waals surface area (Å²) in [4.78, 5) is 30.7. The Balaban J connectivity index is 1.71. The number of anilines is 1. The number of para-hydroxylation sites is 1. The normalized spacial score (nSPS) is 12.4. The second-order valence-corrected chi connectivity index (χ2v) is 11.3. The number of halogens is 2. The Kier molecular flexibility index (Phi) is 13.8. The highest BCUT2D eigenvalue weighted by molar-refractivity contribution is 6.00. The molecule has 0 aliphatic rings. The number of amides is 2. The van der Waals surface area contributed by atoms with E-state index in [1.165, 1.54) is 12.1 Å². The lowest BCUT2D eigenvalue weighted by Crippen LogP contribution is -2.49. The fraction of sp³-hybridized carbons (Fsp3) is 0.429. The predicted molar refractivity (Wildman–Crippen MR) is 172 cm³/mol. The zero-order chi connectivity index (χ0) is 32.1. The molecule has 2 atom stereocenters. The van der Waals surface area contributed by atoms with Gasteiger partial charge in [-0.1, -0.05) is 32.0 Å². The third kappa shape index (κ3) is 10.7. The monoisotopic (exact) mass is 608 g/mol. The Hall–Kier alpha value is -3.82. The molecule has 0 aliphatic carbocycles. The lowest BCUT2D eigenvalue weighted by atomic mass is 9.99. The molecule has 0 saturated carbocycles. The van der Waals surface area contributed by atoms with Gasteiger partial charge in [-0.15, -0.1) is 0 Å². The van der Waals surface area contributed by atoms with Gasteiger partial charge >= 0.3 is 0 Å². The highest BCUT2D eigenvalue weighted by Gasteiger charge is 2.24. The molecule has 0 fully saturated rings. The second kappa shape index (κ2) is 17.5. The molecule has 0 spiro atoms. The van der Waals surface area contributed by atoms with E-state index in [4.69, 9.17) is 0 Å². The molecule has 0 bridgehead atoms. The summed E-state index contributed by atoms with van der Waals surface area (Å²) in [7, 11) is 2.02. The SMILES string of the molecule is CCCN(CCC)C(=O)c1cc(C)cc(C(=O)N[C@@H](Cc2cc(F)cc(F)c2)[C@H](O)CNCCCN(C)c2ccccc2)c1. The lowest BCUT2D eigenvalue weighted by Gasteiger charge is -2.26. The quantitative estimate of drug-likeness (QED) is 0.180. The van der Waals surface area contributed by atoms with Crippen LogP contribution in [0.5, 0.6) is 0 Å². The number of aliphatic hydroxyl groups is 1. The number of nitrogens with one attached hydrogen (secondary N) is 2. The number of aryl methyl sites for hydroxylation is 1. The van der Waals surface area contributed by atoms with Gasteiger partial charge in [0.1, 0.15) is 11.6 Å². The van der Waals surface area contributed by atoms with Crippen molar-refractivity contribution >= 4 is 17.5 Å². The van der Waals surface area contributed by atoms with Crippen LogP contribution in [0.15, 0.2) is 66.7 Å². The molecule has 0 aliphatic heterocycles. The molecular weight excluding hydrogens is 562 g/mol. The van der Waals surface area contributed by atoms with Crippen molar-refractivity contribution in [3.8, 4) is 0 Å². The van der Waals surface area contributed by atoms with Gasteiger partial charge in [0.2, 0.25) is 0 Å². The first kappa shape index (κ1) is 34.7. The van der Waals surface area contributed by atoms with Crippen molar-refractivity contribution < 1.29 is 23.5 Å². The summed E-state index contributed by atoms with van der Waals surface area (Å²) >= 11 is 0. The minimum atomic E-state index is -1.05. The van der Waals surface area contributed by atoms with Gasteiger partial charge in [0.05, 0.1) is 12.1 Å². The highest BCUT2D eigenvalue weighted by Crippen LogP contribution is 2.16. The molecule has 3 aromatic carbocycles. The van der Waals surface area contributed by atoms with E-state index in [0.29, 0.717) is 30.8 Å². The van der Waals surface area contributed by atoms with Crippen LogP contribution in [-0.2, 0) is 6.42 Å². The Bertz CT molecular complexity index is 1330. The van der Waals surface area contributed by atoms with Crippen molar-refractivity contribution in [3.05, 3.63) is 101 Å². The van der Waals surface area contributed by atoms with Gasteiger partial charge < -0.3 is 25.5 Å². The van der Waals surface area contributed by atoms with Crippen LogP contribution in [0.2, 0.25) is 0 Å². The number of rotatable bonds is 17. The molecule has 0 heterocycles. The molecule has 3 N–H and O–H groups in total. The summed E-state index contributed by atoms with van der Waals surface area (Å²) < 4.78 is 28.0. The number of hydrogen-bond donors (Lipinski definition) is 3. The van der Waals surface area contributed by atoms with Crippen LogP contribution >= 0.6 is 0 Å². The van der Waals surface area contributed by atoms with Crippen LogP contribution < -0.4 is 15.5 Å². The van der Waals surface area contributed by atoms with E-state index < -0.39 is 29.7 Å². The lowest BCUT2D eigenvalue weighted by molar-refractivity contribution is 0.0755. The minimum Gasteiger partial charge on any atom is -0.390 e. The molecule has 0 unspecified atom stereocenters. The average molecular weight is 609 g/mol. The van der Waals surface area contributed by atoms with Gasteiger partial charge in [-0.05, 0) is 92.7 Å². The van der Waals surface area contributed by atoms with E-state index in [-0.39, 0.29) is 24.4 Å². The van der Waals surface area contributed by atoms with Crippen molar-refractivity contribution in [2.24, 2.45) is 0 Å². The molecule has 3 rings (SSSR count). The predicted octanol–water partition coefficient (Wildman–Crippen LogP) is 5.35. The molecule has 0 radical (unpaired) electrons.